The fourth-order valence-electron chi connectivity index (χ4n) is 1.59. The van der Waals surface area contributed by atoms with E-state index in [4.69, 9.17) is 9.47 Å². The number of carbonyl (C=O) groups is 1. The van der Waals surface area contributed by atoms with Crippen molar-refractivity contribution in [2.45, 2.75) is 26.3 Å². The maximum Gasteiger partial charge on any atom is 0.323 e. The lowest BCUT2D eigenvalue weighted by molar-refractivity contribution is -0.148. The van der Waals surface area contributed by atoms with Crippen molar-refractivity contribution in [2.75, 3.05) is 26.4 Å². The van der Waals surface area contributed by atoms with E-state index in [9.17, 15) is 4.79 Å². The lowest BCUT2D eigenvalue weighted by Gasteiger charge is -2.14. The summed E-state index contributed by atoms with van der Waals surface area (Å²) in [5, 5.41) is 3.13. The van der Waals surface area contributed by atoms with Gasteiger partial charge in [0.15, 0.2) is 0 Å². The second kappa shape index (κ2) is 5.98. The van der Waals surface area contributed by atoms with E-state index in [2.05, 4.69) is 12.2 Å². The predicted molar refractivity (Wildman–Crippen MR) is 53.0 cm³/mol. The minimum Gasteiger partial charge on any atom is -0.462 e. The van der Waals surface area contributed by atoms with Gasteiger partial charge in [-0.15, -0.1) is 0 Å². The molecule has 1 rings (SSSR count). The summed E-state index contributed by atoms with van der Waals surface area (Å²) in [4.78, 5) is 11.5. The minimum atomic E-state index is -0.144. The van der Waals surface area contributed by atoms with Gasteiger partial charge in [-0.25, -0.2) is 0 Å². The van der Waals surface area contributed by atoms with Gasteiger partial charge in [0.2, 0.25) is 0 Å². The van der Waals surface area contributed by atoms with Crippen molar-refractivity contribution in [3.63, 3.8) is 0 Å². The highest BCUT2D eigenvalue weighted by Gasteiger charge is 2.30. The molecule has 1 fully saturated rings. The van der Waals surface area contributed by atoms with E-state index in [1.807, 2.05) is 6.92 Å². The van der Waals surface area contributed by atoms with Crippen LogP contribution in [0.4, 0.5) is 0 Å². The Morgan fingerprint density at radius 1 is 1.50 bits per heavy atom. The third-order valence-electron chi connectivity index (χ3n) is 2.46. The first-order valence-corrected chi connectivity index (χ1v) is 5.23. The van der Waals surface area contributed by atoms with Gasteiger partial charge in [-0.2, -0.15) is 0 Å². The van der Waals surface area contributed by atoms with Crippen LogP contribution in [0.3, 0.4) is 0 Å². The van der Waals surface area contributed by atoms with Gasteiger partial charge in [0.25, 0.3) is 0 Å². The summed E-state index contributed by atoms with van der Waals surface area (Å²) in [5.74, 6) is 0.240. The number of ether oxygens (including phenoxy) is 2. The number of carbonyl (C=O) groups excluding carboxylic acids is 1. The molecule has 0 aliphatic carbocycles. The second-order valence-corrected chi connectivity index (χ2v) is 3.56. The molecule has 4 heteroatoms. The second-order valence-electron chi connectivity index (χ2n) is 3.56. The van der Waals surface area contributed by atoms with Crippen molar-refractivity contribution in [1.82, 2.24) is 5.32 Å². The van der Waals surface area contributed by atoms with E-state index in [0.717, 1.165) is 13.0 Å². The fraction of sp³-hybridized carbons (Fsp3) is 0.900. The van der Waals surface area contributed by atoms with Crippen molar-refractivity contribution in [1.29, 1.82) is 0 Å². The van der Waals surface area contributed by atoms with E-state index >= 15 is 0 Å². The topological polar surface area (TPSA) is 47.6 Å². The molecular weight excluding hydrogens is 182 g/mol. The molecule has 82 valence electrons. The molecule has 0 aromatic carbocycles. The normalized spacial score (nSPS) is 26.4. The van der Waals surface area contributed by atoms with Gasteiger partial charge >= 0.3 is 5.97 Å². The van der Waals surface area contributed by atoms with Crippen molar-refractivity contribution in [3.05, 3.63) is 0 Å². The van der Waals surface area contributed by atoms with Gasteiger partial charge in [-0.1, -0.05) is 6.92 Å². The Morgan fingerprint density at radius 3 is 2.86 bits per heavy atom. The molecule has 0 radical (unpaired) electrons. The van der Waals surface area contributed by atoms with Crippen LogP contribution in [0.2, 0.25) is 0 Å². The summed E-state index contributed by atoms with van der Waals surface area (Å²) in [7, 11) is 0. The van der Waals surface area contributed by atoms with E-state index in [1.165, 1.54) is 0 Å². The van der Waals surface area contributed by atoms with Crippen LogP contribution in [0.25, 0.3) is 0 Å². The van der Waals surface area contributed by atoms with Crippen molar-refractivity contribution >= 4 is 5.97 Å². The molecule has 2 unspecified atom stereocenters. The minimum absolute atomic E-state index is 0.114. The van der Waals surface area contributed by atoms with Crippen LogP contribution in [-0.2, 0) is 14.3 Å². The van der Waals surface area contributed by atoms with Gasteiger partial charge in [0.1, 0.15) is 12.6 Å². The predicted octanol–water partition coefficient (Wildman–Crippen LogP) is 0.564. The van der Waals surface area contributed by atoms with Crippen LogP contribution in [0, 0.1) is 5.92 Å². The molecule has 0 aromatic heterocycles. The smallest absolute Gasteiger partial charge is 0.323 e. The zero-order valence-electron chi connectivity index (χ0n) is 8.91. The Hall–Kier alpha value is -0.610. The molecule has 1 heterocycles. The highest BCUT2D eigenvalue weighted by molar-refractivity contribution is 5.76. The van der Waals surface area contributed by atoms with Gasteiger partial charge in [-0.3, -0.25) is 4.79 Å². The maximum absolute atomic E-state index is 11.5. The third kappa shape index (κ3) is 3.27. The van der Waals surface area contributed by atoms with Crippen LogP contribution in [0.15, 0.2) is 0 Å². The summed E-state index contributed by atoms with van der Waals surface area (Å²) in [6.45, 7) is 6.40. The molecule has 0 saturated carbocycles. The molecule has 1 aliphatic rings. The lowest BCUT2D eigenvalue weighted by Crippen LogP contribution is -2.36. The molecule has 1 N–H and O–H groups in total. The van der Waals surface area contributed by atoms with Gasteiger partial charge < -0.3 is 14.8 Å². The molecule has 4 nitrogen and oxygen atoms in total. The monoisotopic (exact) mass is 201 g/mol. The summed E-state index contributed by atoms with van der Waals surface area (Å²) >= 11 is 0. The van der Waals surface area contributed by atoms with E-state index in [1.54, 1.807) is 0 Å². The molecule has 1 saturated heterocycles. The number of nitrogens with one attached hydrogen (secondary N) is 1. The number of rotatable bonds is 5. The first-order chi connectivity index (χ1) is 6.75. The van der Waals surface area contributed by atoms with E-state index in [-0.39, 0.29) is 12.0 Å². The average molecular weight is 201 g/mol. The molecule has 0 aromatic rings. The highest BCUT2D eigenvalue weighted by atomic mass is 16.6. The molecule has 1 aliphatic heterocycles. The third-order valence-corrected chi connectivity index (χ3v) is 2.46. The van der Waals surface area contributed by atoms with Crippen molar-refractivity contribution in [2.24, 2.45) is 5.92 Å². The number of hydrogen-bond donors (Lipinski definition) is 1. The Morgan fingerprint density at radius 2 is 2.29 bits per heavy atom. The van der Waals surface area contributed by atoms with Crippen molar-refractivity contribution < 1.29 is 14.3 Å². The highest BCUT2D eigenvalue weighted by Crippen LogP contribution is 2.15. The lowest BCUT2D eigenvalue weighted by atomic mass is 10.0. The SMILES string of the molecule is CCOCCOC(=O)C1NCCC1C. The van der Waals surface area contributed by atoms with Crippen LogP contribution < -0.4 is 5.32 Å². The molecule has 14 heavy (non-hydrogen) atoms. The zero-order valence-corrected chi connectivity index (χ0v) is 8.91. The van der Waals surface area contributed by atoms with Gasteiger partial charge in [-0.05, 0) is 25.8 Å². The standard InChI is InChI=1S/C10H19NO3/c1-3-13-6-7-14-10(12)9-8(2)4-5-11-9/h8-9,11H,3-7H2,1-2H3. The molecule has 2 atom stereocenters. The Balaban J connectivity index is 2.14. The van der Waals surface area contributed by atoms with E-state index in [0.29, 0.717) is 25.7 Å². The van der Waals surface area contributed by atoms with E-state index < -0.39 is 0 Å². The maximum atomic E-state index is 11.5. The Labute approximate surface area is 85.0 Å². The molecule has 0 spiro atoms. The first-order valence-electron chi connectivity index (χ1n) is 5.23. The summed E-state index contributed by atoms with van der Waals surface area (Å²) < 4.78 is 10.1. The summed E-state index contributed by atoms with van der Waals surface area (Å²) in [6, 6.07) is -0.114. The van der Waals surface area contributed by atoms with Crippen LogP contribution in [-0.4, -0.2) is 38.4 Å². The zero-order chi connectivity index (χ0) is 10.4. The van der Waals surface area contributed by atoms with Crippen LogP contribution >= 0.6 is 0 Å². The van der Waals surface area contributed by atoms with Crippen LogP contribution in [0.1, 0.15) is 20.3 Å². The Bertz CT molecular complexity index is 184. The van der Waals surface area contributed by atoms with Crippen LogP contribution in [0.5, 0.6) is 0 Å². The largest absolute Gasteiger partial charge is 0.462 e. The molecule has 0 bridgehead atoms. The molecular formula is C10H19NO3. The van der Waals surface area contributed by atoms with Crippen molar-refractivity contribution in [3.8, 4) is 0 Å². The Kier molecular flexibility index (Phi) is 4.90. The quantitative estimate of drug-likeness (QED) is 0.521. The number of hydrogen-bond acceptors (Lipinski definition) is 4. The number of esters is 1. The fourth-order valence-corrected chi connectivity index (χ4v) is 1.59. The first kappa shape index (κ1) is 11.5. The van der Waals surface area contributed by atoms with Gasteiger partial charge in [0, 0.05) is 6.61 Å². The van der Waals surface area contributed by atoms with Gasteiger partial charge in [0.05, 0.1) is 6.61 Å². The average Bonchev–Trinajstić information content (AvgIpc) is 2.59. The summed E-state index contributed by atoms with van der Waals surface area (Å²) in [5.41, 5.74) is 0. The summed E-state index contributed by atoms with van der Waals surface area (Å²) in [6.07, 6.45) is 1.05. The molecule has 0 amide bonds.